The largest absolute Gasteiger partial charge is 0.341 e. The minimum atomic E-state index is -0.488. The first-order valence-electron chi connectivity index (χ1n) is 9.96. The van der Waals surface area contributed by atoms with Gasteiger partial charge in [0.2, 0.25) is 5.91 Å². The van der Waals surface area contributed by atoms with Gasteiger partial charge < -0.3 is 15.5 Å². The van der Waals surface area contributed by atoms with Crippen molar-refractivity contribution in [3.63, 3.8) is 0 Å². The predicted octanol–water partition coefficient (Wildman–Crippen LogP) is 3.75. The molecular formula is C21H33Cl2N3O2. The van der Waals surface area contributed by atoms with E-state index in [0.29, 0.717) is 28.8 Å². The van der Waals surface area contributed by atoms with E-state index in [1.54, 1.807) is 24.3 Å². The summed E-state index contributed by atoms with van der Waals surface area (Å²) in [6.07, 6.45) is 2.66. The van der Waals surface area contributed by atoms with E-state index in [0.717, 1.165) is 39.0 Å². The maximum Gasteiger partial charge on any atom is 0.251 e. The summed E-state index contributed by atoms with van der Waals surface area (Å²) in [5.41, 5.74) is 0.519. The number of rotatable bonds is 8. The Kier molecular flexibility index (Phi) is 10.9. The summed E-state index contributed by atoms with van der Waals surface area (Å²) in [6, 6.07) is 6.25. The third kappa shape index (κ3) is 7.61. The quantitative estimate of drug-likeness (QED) is 0.660. The monoisotopic (exact) mass is 429 g/mol. The van der Waals surface area contributed by atoms with E-state index in [9.17, 15) is 9.59 Å². The number of hydrogen-bond donors (Lipinski definition) is 2. The summed E-state index contributed by atoms with van der Waals surface area (Å²) in [4.78, 5) is 27.5. The summed E-state index contributed by atoms with van der Waals surface area (Å²) >= 11 is 5.89. The van der Waals surface area contributed by atoms with Gasteiger partial charge in [-0.05, 0) is 68.5 Å². The number of benzene rings is 1. The van der Waals surface area contributed by atoms with Crippen LogP contribution in [0.3, 0.4) is 0 Å². The molecule has 0 radical (unpaired) electrons. The summed E-state index contributed by atoms with van der Waals surface area (Å²) < 4.78 is 0. The fraction of sp³-hybridized carbons (Fsp3) is 0.619. The van der Waals surface area contributed by atoms with Gasteiger partial charge in [0.15, 0.2) is 0 Å². The van der Waals surface area contributed by atoms with E-state index in [4.69, 9.17) is 11.6 Å². The number of halogens is 2. The molecule has 2 rings (SSSR count). The second-order valence-corrected chi connectivity index (χ2v) is 8.18. The third-order valence-electron chi connectivity index (χ3n) is 5.03. The molecule has 1 aromatic rings. The molecule has 5 nitrogen and oxygen atoms in total. The van der Waals surface area contributed by atoms with Crippen molar-refractivity contribution >= 4 is 35.8 Å². The van der Waals surface area contributed by atoms with Gasteiger partial charge in [-0.15, -0.1) is 12.4 Å². The topological polar surface area (TPSA) is 61.4 Å². The molecule has 2 N–H and O–H groups in total. The van der Waals surface area contributed by atoms with Crippen molar-refractivity contribution in [1.82, 2.24) is 15.5 Å². The van der Waals surface area contributed by atoms with Crippen LogP contribution in [0.5, 0.6) is 0 Å². The first kappa shape index (κ1) is 24.7. The van der Waals surface area contributed by atoms with Crippen molar-refractivity contribution in [3.05, 3.63) is 34.9 Å². The van der Waals surface area contributed by atoms with E-state index in [-0.39, 0.29) is 24.2 Å². The molecule has 0 saturated carbocycles. The zero-order valence-electron chi connectivity index (χ0n) is 17.0. The Labute approximate surface area is 180 Å². The van der Waals surface area contributed by atoms with E-state index < -0.39 is 6.04 Å². The lowest BCUT2D eigenvalue weighted by molar-refractivity contribution is -0.135. The van der Waals surface area contributed by atoms with Crippen molar-refractivity contribution in [3.8, 4) is 0 Å². The highest BCUT2D eigenvalue weighted by Crippen LogP contribution is 2.19. The average molecular weight is 430 g/mol. The van der Waals surface area contributed by atoms with Crippen LogP contribution >= 0.6 is 24.0 Å². The van der Waals surface area contributed by atoms with Crippen LogP contribution in [0.1, 0.15) is 50.4 Å². The van der Waals surface area contributed by atoms with E-state index >= 15 is 0 Å². The van der Waals surface area contributed by atoms with Gasteiger partial charge in [-0.1, -0.05) is 32.4 Å². The van der Waals surface area contributed by atoms with Crippen LogP contribution in [-0.2, 0) is 4.79 Å². The lowest BCUT2D eigenvalue weighted by atomic mass is 9.95. The third-order valence-corrected chi connectivity index (χ3v) is 5.28. The number of hydrogen-bond acceptors (Lipinski definition) is 3. The Morgan fingerprint density at radius 2 is 1.79 bits per heavy atom. The number of piperidine rings is 1. The molecule has 0 aromatic heterocycles. The molecule has 1 heterocycles. The highest BCUT2D eigenvalue weighted by atomic mass is 35.5. The maximum absolute atomic E-state index is 13.0. The van der Waals surface area contributed by atoms with Gasteiger partial charge >= 0.3 is 0 Å². The molecular weight excluding hydrogens is 397 g/mol. The Hall–Kier alpha value is -1.30. The van der Waals surface area contributed by atoms with Gasteiger partial charge in [0.05, 0.1) is 0 Å². The minimum absolute atomic E-state index is 0. The SMILES string of the molecule is CCNCC1CCN(C(=O)C(CC(C)C)NC(=O)c2ccc(Cl)cc2)CC1.Cl. The molecule has 158 valence electrons. The van der Waals surface area contributed by atoms with Crippen LogP contribution < -0.4 is 10.6 Å². The molecule has 0 aliphatic carbocycles. The second kappa shape index (κ2) is 12.3. The lowest BCUT2D eigenvalue weighted by Gasteiger charge is -2.35. The average Bonchev–Trinajstić information content (AvgIpc) is 2.65. The summed E-state index contributed by atoms with van der Waals surface area (Å²) in [6.45, 7) is 9.77. The summed E-state index contributed by atoms with van der Waals surface area (Å²) in [5, 5.41) is 6.92. The van der Waals surface area contributed by atoms with Gasteiger partial charge in [-0.2, -0.15) is 0 Å². The van der Waals surface area contributed by atoms with Gasteiger partial charge in [-0.25, -0.2) is 0 Å². The molecule has 1 aromatic carbocycles. The fourth-order valence-corrected chi connectivity index (χ4v) is 3.59. The molecule has 1 aliphatic rings. The van der Waals surface area contributed by atoms with Crippen molar-refractivity contribution in [2.24, 2.45) is 11.8 Å². The smallest absolute Gasteiger partial charge is 0.251 e. The zero-order valence-corrected chi connectivity index (χ0v) is 18.6. The Balaban J connectivity index is 0.00000392. The van der Waals surface area contributed by atoms with Crippen LogP contribution in [0.25, 0.3) is 0 Å². The van der Waals surface area contributed by atoms with Gasteiger partial charge in [0.1, 0.15) is 6.04 Å². The van der Waals surface area contributed by atoms with Crippen molar-refractivity contribution in [2.45, 2.75) is 46.1 Å². The molecule has 1 fully saturated rings. The number of nitrogens with zero attached hydrogens (tertiary/aromatic N) is 1. The van der Waals surface area contributed by atoms with Crippen LogP contribution in [0, 0.1) is 11.8 Å². The van der Waals surface area contributed by atoms with Crippen molar-refractivity contribution in [1.29, 1.82) is 0 Å². The molecule has 0 bridgehead atoms. The summed E-state index contributed by atoms with van der Waals surface area (Å²) in [7, 11) is 0. The highest BCUT2D eigenvalue weighted by molar-refractivity contribution is 6.30. The maximum atomic E-state index is 13.0. The lowest BCUT2D eigenvalue weighted by Crippen LogP contribution is -2.51. The number of likely N-dealkylation sites (tertiary alicyclic amines) is 1. The molecule has 7 heteroatoms. The molecule has 1 aliphatic heterocycles. The Bertz CT molecular complexity index is 615. The number of carbonyl (C=O) groups is 2. The van der Waals surface area contributed by atoms with Crippen LogP contribution in [0.4, 0.5) is 0 Å². The summed E-state index contributed by atoms with van der Waals surface area (Å²) in [5.74, 6) is 0.748. The zero-order chi connectivity index (χ0) is 19.8. The number of amides is 2. The van der Waals surface area contributed by atoms with Gasteiger partial charge in [0.25, 0.3) is 5.91 Å². The van der Waals surface area contributed by atoms with Crippen molar-refractivity contribution in [2.75, 3.05) is 26.2 Å². The number of nitrogens with one attached hydrogen (secondary N) is 2. The molecule has 1 saturated heterocycles. The Morgan fingerprint density at radius 3 is 2.32 bits per heavy atom. The minimum Gasteiger partial charge on any atom is -0.341 e. The van der Waals surface area contributed by atoms with E-state index in [1.807, 2.05) is 4.90 Å². The highest BCUT2D eigenvalue weighted by Gasteiger charge is 2.29. The molecule has 1 atom stereocenters. The van der Waals surface area contributed by atoms with E-state index in [1.165, 1.54) is 0 Å². The first-order valence-corrected chi connectivity index (χ1v) is 10.3. The van der Waals surface area contributed by atoms with Gasteiger partial charge in [-0.3, -0.25) is 9.59 Å². The molecule has 0 spiro atoms. The van der Waals surface area contributed by atoms with Crippen LogP contribution in [0.2, 0.25) is 5.02 Å². The first-order chi connectivity index (χ1) is 12.9. The second-order valence-electron chi connectivity index (χ2n) is 7.74. The van der Waals surface area contributed by atoms with Crippen molar-refractivity contribution < 1.29 is 9.59 Å². The molecule has 2 amide bonds. The van der Waals surface area contributed by atoms with Crippen LogP contribution in [0.15, 0.2) is 24.3 Å². The molecule has 28 heavy (non-hydrogen) atoms. The number of carbonyl (C=O) groups excluding carboxylic acids is 2. The van der Waals surface area contributed by atoms with Gasteiger partial charge in [0, 0.05) is 23.7 Å². The standard InChI is InChI=1S/C21H32ClN3O2.ClH/c1-4-23-14-16-9-11-25(12-10-16)21(27)19(13-15(2)3)24-20(26)17-5-7-18(22)8-6-17;/h5-8,15-16,19,23H,4,9-14H2,1-3H3,(H,24,26);1H. The van der Waals surface area contributed by atoms with E-state index in [2.05, 4.69) is 31.4 Å². The normalized spacial score (nSPS) is 15.8. The predicted molar refractivity (Wildman–Crippen MR) is 117 cm³/mol. The molecule has 1 unspecified atom stereocenters. The Morgan fingerprint density at radius 1 is 1.18 bits per heavy atom. The van der Waals surface area contributed by atoms with Crippen LogP contribution in [-0.4, -0.2) is 48.9 Å². The fourth-order valence-electron chi connectivity index (χ4n) is 3.46.